The van der Waals surface area contributed by atoms with Gasteiger partial charge >= 0.3 is 5.97 Å². The predicted octanol–water partition coefficient (Wildman–Crippen LogP) is 6.52. The Bertz CT molecular complexity index is 1250. The molecule has 0 atom stereocenters. The van der Waals surface area contributed by atoms with Crippen molar-refractivity contribution in [3.05, 3.63) is 98.9 Å². The van der Waals surface area contributed by atoms with Crippen molar-refractivity contribution in [3.63, 3.8) is 0 Å². The van der Waals surface area contributed by atoms with Gasteiger partial charge in [-0.3, -0.25) is 0 Å². The van der Waals surface area contributed by atoms with Gasteiger partial charge in [0.25, 0.3) is 0 Å². The lowest BCUT2D eigenvalue weighted by Crippen LogP contribution is -2.04. The van der Waals surface area contributed by atoms with E-state index in [0.29, 0.717) is 27.2 Å². The number of hydrogen-bond donors (Lipinski definition) is 1. The van der Waals surface area contributed by atoms with Crippen molar-refractivity contribution in [2.75, 3.05) is 0 Å². The van der Waals surface area contributed by atoms with Crippen molar-refractivity contribution >= 4 is 44.4 Å². The fraction of sp³-hybridized carbons (Fsp3) is 0.0870. The Morgan fingerprint density at radius 1 is 1.13 bits per heavy atom. The van der Waals surface area contributed by atoms with Crippen LogP contribution in [0.25, 0.3) is 10.9 Å². The number of carboxylic acid groups (broad SMARTS) is 1. The van der Waals surface area contributed by atoms with Crippen LogP contribution in [0, 0.1) is 5.82 Å². The summed E-state index contributed by atoms with van der Waals surface area (Å²) in [6.07, 6.45) is 1.85. The van der Waals surface area contributed by atoms with E-state index in [-0.39, 0.29) is 18.0 Å². The summed E-state index contributed by atoms with van der Waals surface area (Å²) < 4.78 is 21.8. The molecule has 0 amide bonds. The molecule has 7 heteroatoms. The Morgan fingerprint density at radius 3 is 2.73 bits per heavy atom. The molecule has 0 fully saturated rings. The molecule has 1 heterocycles. The SMILES string of the molecule is O=C(O)c1cccc2c1ccn2Cc1cc(Cl)ccc1OCc1ccc(F)c(Br)c1. The molecule has 0 radical (unpaired) electrons. The Hall–Kier alpha value is -2.83. The molecule has 4 aromatic rings. The minimum absolute atomic E-state index is 0.260. The Morgan fingerprint density at radius 2 is 1.97 bits per heavy atom. The number of carbonyl (C=O) groups is 1. The van der Waals surface area contributed by atoms with Crippen LogP contribution >= 0.6 is 27.5 Å². The average molecular weight is 489 g/mol. The van der Waals surface area contributed by atoms with Gasteiger partial charge < -0.3 is 14.4 Å². The number of fused-ring (bicyclic) bond motifs is 1. The van der Waals surface area contributed by atoms with Gasteiger partial charge in [-0.15, -0.1) is 0 Å². The lowest BCUT2D eigenvalue weighted by atomic mass is 10.1. The molecule has 0 aliphatic rings. The molecule has 1 aromatic heterocycles. The normalized spacial score (nSPS) is 11.0. The molecule has 3 aromatic carbocycles. The minimum atomic E-state index is -0.962. The van der Waals surface area contributed by atoms with Crippen LogP contribution in [0.1, 0.15) is 21.5 Å². The van der Waals surface area contributed by atoms with Gasteiger partial charge in [0.1, 0.15) is 18.2 Å². The Balaban J connectivity index is 1.62. The highest BCUT2D eigenvalue weighted by Crippen LogP contribution is 2.28. The van der Waals surface area contributed by atoms with Gasteiger partial charge in [0, 0.05) is 27.7 Å². The second kappa shape index (κ2) is 8.50. The maximum atomic E-state index is 13.4. The summed E-state index contributed by atoms with van der Waals surface area (Å²) in [5, 5.41) is 10.6. The van der Waals surface area contributed by atoms with E-state index in [9.17, 15) is 14.3 Å². The second-order valence-corrected chi connectivity index (χ2v) is 8.07. The molecule has 1 N–H and O–H groups in total. The summed E-state index contributed by atoms with van der Waals surface area (Å²) in [7, 11) is 0. The fourth-order valence-electron chi connectivity index (χ4n) is 3.33. The third-order valence-electron chi connectivity index (χ3n) is 4.79. The predicted molar refractivity (Wildman–Crippen MR) is 118 cm³/mol. The van der Waals surface area contributed by atoms with Crippen LogP contribution in [0.5, 0.6) is 5.75 Å². The molecule has 152 valence electrons. The van der Waals surface area contributed by atoms with Gasteiger partial charge in [-0.1, -0.05) is 23.7 Å². The average Bonchev–Trinajstić information content (AvgIpc) is 3.13. The third-order valence-corrected chi connectivity index (χ3v) is 5.63. The number of aromatic nitrogens is 1. The standard InChI is InChI=1S/C23H16BrClFNO3/c24-19-10-14(4-6-20(19)26)13-30-22-7-5-16(25)11-15(22)12-27-9-8-17-18(23(28)29)2-1-3-21(17)27/h1-11H,12-13H2,(H,28,29). The van der Waals surface area contributed by atoms with Gasteiger partial charge in [-0.2, -0.15) is 0 Å². The van der Waals surface area contributed by atoms with Crippen LogP contribution in [0.4, 0.5) is 4.39 Å². The number of nitrogens with zero attached hydrogens (tertiary/aromatic N) is 1. The fourth-order valence-corrected chi connectivity index (χ4v) is 3.96. The molecule has 0 spiro atoms. The molecular formula is C23H16BrClFNO3. The molecule has 4 rings (SSSR count). The van der Waals surface area contributed by atoms with Crippen molar-refractivity contribution in [3.8, 4) is 5.75 Å². The van der Waals surface area contributed by atoms with E-state index in [2.05, 4.69) is 15.9 Å². The quantitative estimate of drug-likeness (QED) is 0.336. The van der Waals surface area contributed by atoms with E-state index in [1.165, 1.54) is 6.07 Å². The number of halogens is 3. The number of carboxylic acids is 1. The van der Waals surface area contributed by atoms with Gasteiger partial charge in [0.15, 0.2) is 0 Å². The monoisotopic (exact) mass is 487 g/mol. The van der Waals surface area contributed by atoms with Crippen molar-refractivity contribution < 1.29 is 19.0 Å². The van der Waals surface area contributed by atoms with E-state index in [1.807, 2.05) is 22.9 Å². The maximum Gasteiger partial charge on any atom is 0.336 e. The van der Waals surface area contributed by atoms with Crippen molar-refractivity contribution in [2.45, 2.75) is 13.2 Å². The van der Waals surface area contributed by atoms with Crippen LogP contribution in [0.2, 0.25) is 5.02 Å². The first-order chi connectivity index (χ1) is 14.4. The zero-order valence-corrected chi connectivity index (χ0v) is 18.0. The van der Waals surface area contributed by atoms with E-state index in [4.69, 9.17) is 16.3 Å². The highest BCUT2D eigenvalue weighted by molar-refractivity contribution is 9.10. The first kappa shape index (κ1) is 20.4. The highest BCUT2D eigenvalue weighted by Gasteiger charge is 2.13. The number of hydrogen-bond acceptors (Lipinski definition) is 2. The van der Waals surface area contributed by atoms with Crippen molar-refractivity contribution in [2.24, 2.45) is 0 Å². The maximum absolute atomic E-state index is 13.4. The summed E-state index contributed by atoms with van der Waals surface area (Å²) >= 11 is 9.39. The van der Waals surface area contributed by atoms with E-state index in [0.717, 1.165) is 16.6 Å². The van der Waals surface area contributed by atoms with Crippen LogP contribution in [0.3, 0.4) is 0 Å². The van der Waals surface area contributed by atoms with E-state index >= 15 is 0 Å². The molecule has 0 unspecified atom stereocenters. The topological polar surface area (TPSA) is 51.5 Å². The molecular weight excluding hydrogens is 473 g/mol. The van der Waals surface area contributed by atoms with Crippen LogP contribution in [-0.2, 0) is 13.2 Å². The molecule has 0 saturated carbocycles. The second-order valence-electron chi connectivity index (χ2n) is 6.78. The zero-order chi connectivity index (χ0) is 21.3. The van der Waals surface area contributed by atoms with Crippen LogP contribution < -0.4 is 4.74 Å². The van der Waals surface area contributed by atoms with Crippen molar-refractivity contribution in [1.29, 1.82) is 0 Å². The van der Waals surface area contributed by atoms with Crippen LogP contribution in [0.15, 0.2) is 71.3 Å². The summed E-state index contributed by atoms with van der Waals surface area (Å²) in [6.45, 7) is 0.721. The first-order valence-electron chi connectivity index (χ1n) is 9.08. The number of aromatic carboxylic acids is 1. The van der Waals surface area contributed by atoms with Gasteiger partial charge in [0.05, 0.1) is 16.6 Å². The molecule has 0 aliphatic carbocycles. The summed E-state index contributed by atoms with van der Waals surface area (Å²) in [5.41, 5.74) is 2.74. The van der Waals surface area contributed by atoms with Gasteiger partial charge in [-0.25, -0.2) is 9.18 Å². The van der Waals surface area contributed by atoms with E-state index in [1.54, 1.807) is 42.5 Å². The Kier molecular flexibility index (Phi) is 5.79. The minimum Gasteiger partial charge on any atom is -0.489 e. The Labute approximate surface area is 185 Å². The molecule has 0 saturated heterocycles. The molecule has 4 nitrogen and oxygen atoms in total. The van der Waals surface area contributed by atoms with E-state index < -0.39 is 5.97 Å². The molecule has 0 bridgehead atoms. The summed E-state index contributed by atoms with van der Waals surface area (Å²) in [6, 6.07) is 17.1. The lowest BCUT2D eigenvalue weighted by Gasteiger charge is -2.14. The lowest BCUT2D eigenvalue weighted by molar-refractivity contribution is 0.0699. The first-order valence-corrected chi connectivity index (χ1v) is 10.3. The molecule has 30 heavy (non-hydrogen) atoms. The van der Waals surface area contributed by atoms with Gasteiger partial charge in [0.2, 0.25) is 0 Å². The zero-order valence-electron chi connectivity index (χ0n) is 15.6. The number of benzene rings is 3. The van der Waals surface area contributed by atoms with Crippen LogP contribution in [-0.4, -0.2) is 15.6 Å². The van der Waals surface area contributed by atoms with Crippen molar-refractivity contribution in [1.82, 2.24) is 4.57 Å². The number of rotatable bonds is 6. The third kappa shape index (κ3) is 4.20. The summed E-state index contributed by atoms with van der Waals surface area (Å²) in [4.78, 5) is 11.5. The highest BCUT2D eigenvalue weighted by atomic mass is 79.9. The number of ether oxygens (including phenoxy) is 1. The largest absolute Gasteiger partial charge is 0.489 e. The molecule has 0 aliphatic heterocycles. The van der Waals surface area contributed by atoms with Gasteiger partial charge in [-0.05, 0) is 70.0 Å². The smallest absolute Gasteiger partial charge is 0.336 e. The summed E-state index contributed by atoms with van der Waals surface area (Å²) in [5.74, 6) is -0.641.